The maximum Gasteiger partial charge on any atom is 0.130 e. The SMILES string of the molecule is c1ccc(Pc2ccccc2)cc1.c1ccc(Pc2ccccc2)cc1.c1ccc2c(c1)Cc1ccccc1O2. The van der Waals surface area contributed by atoms with Crippen molar-refractivity contribution in [1.82, 2.24) is 0 Å². The van der Waals surface area contributed by atoms with E-state index in [-0.39, 0.29) is 0 Å². The molecule has 6 aromatic rings. The largest absolute Gasteiger partial charge is 0.457 e. The van der Waals surface area contributed by atoms with Crippen molar-refractivity contribution < 1.29 is 4.74 Å². The first kappa shape index (κ1) is 27.5. The molecule has 0 aromatic heterocycles. The van der Waals surface area contributed by atoms with Crippen molar-refractivity contribution in [2.24, 2.45) is 0 Å². The normalized spacial score (nSPS) is 10.8. The lowest BCUT2D eigenvalue weighted by Crippen LogP contribution is -2.01. The van der Waals surface area contributed by atoms with Gasteiger partial charge in [0, 0.05) is 6.42 Å². The number of hydrogen-bond donors (Lipinski definition) is 0. The van der Waals surface area contributed by atoms with Gasteiger partial charge in [-0.3, -0.25) is 0 Å². The fourth-order valence-electron chi connectivity index (χ4n) is 4.24. The zero-order valence-electron chi connectivity index (χ0n) is 22.3. The van der Waals surface area contributed by atoms with Crippen LogP contribution in [-0.4, -0.2) is 0 Å². The third-order valence-electron chi connectivity index (χ3n) is 6.22. The van der Waals surface area contributed by atoms with Gasteiger partial charge in [-0.1, -0.05) is 175 Å². The molecule has 0 unspecified atom stereocenters. The average Bonchev–Trinajstić information content (AvgIpc) is 3.03. The minimum atomic E-state index is 0.777. The maximum atomic E-state index is 5.78. The van der Waals surface area contributed by atoms with Gasteiger partial charge in [-0.15, -0.1) is 0 Å². The summed E-state index contributed by atoms with van der Waals surface area (Å²) in [5.41, 5.74) is 2.54. The highest BCUT2D eigenvalue weighted by molar-refractivity contribution is 7.55. The van der Waals surface area contributed by atoms with E-state index in [1.165, 1.54) is 32.3 Å². The van der Waals surface area contributed by atoms with E-state index in [0.717, 1.165) is 35.1 Å². The summed E-state index contributed by atoms with van der Waals surface area (Å²) < 4.78 is 5.78. The van der Waals surface area contributed by atoms with E-state index in [1.807, 2.05) is 24.3 Å². The van der Waals surface area contributed by atoms with Crippen molar-refractivity contribution in [1.29, 1.82) is 0 Å². The van der Waals surface area contributed by atoms with Crippen LogP contribution in [0.1, 0.15) is 11.1 Å². The molecule has 0 spiro atoms. The highest BCUT2D eigenvalue weighted by Crippen LogP contribution is 2.35. The van der Waals surface area contributed by atoms with Gasteiger partial charge >= 0.3 is 0 Å². The number of benzene rings is 6. The Hall–Kier alpha value is -4.02. The summed E-state index contributed by atoms with van der Waals surface area (Å²) in [6, 6.07) is 58.7. The van der Waals surface area contributed by atoms with Crippen LogP contribution in [0.4, 0.5) is 0 Å². The second-order valence-electron chi connectivity index (χ2n) is 9.21. The molecule has 0 radical (unpaired) electrons. The molecule has 40 heavy (non-hydrogen) atoms. The van der Waals surface area contributed by atoms with E-state index >= 15 is 0 Å². The summed E-state index contributed by atoms with van der Waals surface area (Å²) >= 11 is 0. The number of rotatable bonds is 4. The maximum absolute atomic E-state index is 5.78. The van der Waals surface area contributed by atoms with Gasteiger partial charge < -0.3 is 4.74 Å². The van der Waals surface area contributed by atoms with Crippen molar-refractivity contribution in [3.8, 4) is 11.5 Å². The van der Waals surface area contributed by atoms with Gasteiger partial charge in [-0.2, -0.15) is 0 Å². The van der Waals surface area contributed by atoms with Gasteiger partial charge in [-0.05, 0) is 44.5 Å². The van der Waals surface area contributed by atoms with Crippen LogP contribution in [-0.2, 0) is 6.42 Å². The van der Waals surface area contributed by atoms with Crippen LogP contribution in [0.5, 0.6) is 11.5 Å². The Balaban J connectivity index is 0.000000121. The van der Waals surface area contributed by atoms with Gasteiger partial charge in [-0.25, -0.2) is 0 Å². The fourth-order valence-corrected chi connectivity index (χ4v) is 6.34. The van der Waals surface area contributed by atoms with Crippen LogP contribution >= 0.6 is 17.2 Å². The Morgan fingerprint density at radius 3 is 0.925 bits per heavy atom. The molecule has 0 amide bonds. The average molecular weight is 555 g/mol. The molecule has 0 bridgehead atoms. The van der Waals surface area contributed by atoms with Gasteiger partial charge in [0.1, 0.15) is 11.5 Å². The van der Waals surface area contributed by atoms with Crippen LogP contribution < -0.4 is 26.0 Å². The first-order chi connectivity index (χ1) is 19.8. The second-order valence-corrected chi connectivity index (χ2v) is 12.0. The van der Waals surface area contributed by atoms with Crippen molar-refractivity contribution in [3.63, 3.8) is 0 Å². The second kappa shape index (κ2) is 14.9. The zero-order valence-corrected chi connectivity index (χ0v) is 24.3. The van der Waals surface area contributed by atoms with Crippen LogP contribution in [0.15, 0.2) is 170 Å². The monoisotopic (exact) mass is 554 g/mol. The molecular weight excluding hydrogens is 522 g/mol. The molecule has 0 saturated heterocycles. The third-order valence-corrected chi connectivity index (χ3v) is 8.71. The molecule has 1 heterocycles. The number of fused-ring (bicyclic) bond motifs is 2. The van der Waals surface area contributed by atoms with Crippen molar-refractivity contribution in [2.75, 3.05) is 0 Å². The molecule has 6 aromatic carbocycles. The Morgan fingerprint density at radius 1 is 0.325 bits per heavy atom. The molecule has 0 atom stereocenters. The quantitative estimate of drug-likeness (QED) is 0.200. The third kappa shape index (κ3) is 8.49. The van der Waals surface area contributed by atoms with Gasteiger partial charge in [0.2, 0.25) is 0 Å². The van der Waals surface area contributed by atoms with Crippen LogP contribution in [0.3, 0.4) is 0 Å². The van der Waals surface area contributed by atoms with Crippen LogP contribution in [0.2, 0.25) is 0 Å². The lowest BCUT2D eigenvalue weighted by molar-refractivity contribution is 0.460. The highest BCUT2D eigenvalue weighted by atomic mass is 31.1. The van der Waals surface area contributed by atoms with E-state index in [9.17, 15) is 0 Å². The molecule has 7 rings (SSSR count). The molecule has 0 N–H and O–H groups in total. The van der Waals surface area contributed by atoms with E-state index in [2.05, 4.69) is 146 Å². The van der Waals surface area contributed by atoms with Gasteiger partial charge in [0.15, 0.2) is 0 Å². The topological polar surface area (TPSA) is 9.23 Å². The van der Waals surface area contributed by atoms with E-state index in [1.54, 1.807) is 0 Å². The fraction of sp³-hybridized carbons (Fsp3) is 0.0270. The standard InChI is InChI=1S/C13H10O.2C12H11P/c1-3-7-12-10(5-1)9-11-6-2-4-8-13(11)14-12;2*1-3-7-11(8-4-1)13-12-9-5-2-6-10-12/h1-8H,9H2;2*1-10,13H. The zero-order chi connectivity index (χ0) is 27.2. The molecule has 1 nitrogen and oxygen atoms in total. The molecule has 1 aliphatic rings. The Kier molecular flexibility index (Phi) is 10.3. The molecule has 196 valence electrons. The van der Waals surface area contributed by atoms with E-state index < -0.39 is 0 Å². The summed E-state index contributed by atoms with van der Waals surface area (Å²) in [5.74, 6) is 1.98. The van der Waals surface area contributed by atoms with Crippen molar-refractivity contribution >= 4 is 38.4 Å². The smallest absolute Gasteiger partial charge is 0.130 e. The van der Waals surface area contributed by atoms with Crippen LogP contribution in [0, 0.1) is 0 Å². The predicted octanol–water partition coefficient (Wildman–Crippen LogP) is 8.01. The minimum Gasteiger partial charge on any atom is -0.457 e. The summed E-state index contributed by atoms with van der Waals surface area (Å²) in [4.78, 5) is 0. The van der Waals surface area contributed by atoms with Gasteiger partial charge in [0.05, 0.1) is 0 Å². The molecule has 0 aliphatic carbocycles. The van der Waals surface area contributed by atoms with Crippen molar-refractivity contribution in [3.05, 3.63) is 181 Å². The first-order valence-electron chi connectivity index (χ1n) is 13.4. The summed E-state index contributed by atoms with van der Waals surface area (Å²) in [7, 11) is 1.55. The molecule has 3 heteroatoms. The minimum absolute atomic E-state index is 0.777. The number of hydrogen-bond acceptors (Lipinski definition) is 1. The van der Waals surface area contributed by atoms with E-state index in [0.29, 0.717) is 0 Å². The predicted molar refractivity (Wildman–Crippen MR) is 177 cm³/mol. The number of para-hydroxylation sites is 2. The summed E-state index contributed by atoms with van der Waals surface area (Å²) in [6.07, 6.45) is 0.979. The molecule has 0 saturated carbocycles. The first-order valence-corrected chi connectivity index (χ1v) is 15.4. The Bertz CT molecular complexity index is 1330. The molecule has 0 fully saturated rings. The summed E-state index contributed by atoms with van der Waals surface area (Å²) in [6.45, 7) is 0. The Labute approximate surface area is 241 Å². The van der Waals surface area contributed by atoms with Crippen LogP contribution in [0.25, 0.3) is 0 Å². The lowest BCUT2D eigenvalue weighted by Gasteiger charge is -2.19. The van der Waals surface area contributed by atoms with Gasteiger partial charge in [0.25, 0.3) is 0 Å². The highest BCUT2D eigenvalue weighted by Gasteiger charge is 2.14. The number of ether oxygens (including phenoxy) is 1. The summed E-state index contributed by atoms with van der Waals surface area (Å²) in [5, 5.41) is 5.59. The van der Waals surface area contributed by atoms with E-state index in [4.69, 9.17) is 4.74 Å². The molecule has 1 aliphatic heterocycles. The Morgan fingerprint density at radius 2 is 0.600 bits per heavy atom. The lowest BCUT2D eigenvalue weighted by atomic mass is 10.0. The molecular formula is C37H32OP2. The van der Waals surface area contributed by atoms with Crippen molar-refractivity contribution in [2.45, 2.75) is 6.42 Å².